The highest BCUT2D eigenvalue weighted by molar-refractivity contribution is 6.30. The molecule has 0 saturated heterocycles. The van der Waals surface area contributed by atoms with Crippen molar-refractivity contribution in [2.45, 2.75) is 44.2 Å². The van der Waals surface area contributed by atoms with Crippen molar-refractivity contribution in [2.24, 2.45) is 5.92 Å². The molecular weight excluding hydrogens is 362 g/mol. The third kappa shape index (κ3) is 3.07. The molecule has 2 aromatic carbocycles. The summed E-state index contributed by atoms with van der Waals surface area (Å²) in [5.41, 5.74) is 0.366. The molecule has 2 atom stereocenters. The molecule has 1 heterocycles. The maximum Gasteiger partial charge on any atom is 0.264 e. The van der Waals surface area contributed by atoms with E-state index in [1.807, 2.05) is 30.3 Å². The van der Waals surface area contributed by atoms with Gasteiger partial charge in [0.15, 0.2) is 5.60 Å². The molecule has 2 aromatic rings. The number of halogens is 1. The molecular formula is C22H22ClNO3. The van der Waals surface area contributed by atoms with Crippen molar-refractivity contribution in [1.82, 2.24) is 0 Å². The molecule has 1 aliphatic carbocycles. The zero-order chi connectivity index (χ0) is 19.0. The monoisotopic (exact) mass is 383 g/mol. The van der Waals surface area contributed by atoms with Gasteiger partial charge in [-0.15, -0.1) is 0 Å². The Hall–Kier alpha value is -2.17. The summed E-state index contributed by atoms with van der Waals surface area (Å²) in [5.74, 6) is -1.09. The van der Waals surface area contributed by atoms with Crippen LogP contribution in [-0.4, -0.2) is 16.8 Å². The Bertz CT molecular complexity index is 879. The van der Waals surface area contributed by atoms with Gasteiger partial charge in [-0.3, -0.25) is 9.59 Å². The fraction of sp³-hybridized carbons (Fsp3) is 0.364. The third-order valence-corrected chi connectivity index (χ3v) is 5.99. The number of ketones is 1. The summed E-state index contributed by atoms with van der Waals surface area (Å²) in [4.78, 5) is 27.7. The normalized spacial score (nSPS) is 25.4. The number of amides is 1. The highest BCUT2D eigenvalue weighted by Gasteiger charge is 2.56. The molecule has 0 radical (unpaired) electrons. The molecule has 4 nitrogen and oxygen atoms in total. The fourth-order valence-electron chi connectivity index (χ4n) is 4.33. The Balaban J connectivity index is 1.74. The van der Waals surface area contributed by atoms with Crippen LogP contribution in [0.2, 0.25) is 5.02 Å². The van der Waals surface area contributed by atoms with Crippen LogP contribution in [0.15, 0.2) is 48.5 Å². The summed E-state index contributed by atoms with van der Waals surface area (Å²) in [5, 5.41) is 12.2. The van der Waals surface area contributed by atoms with E-state index in [4.69, 9.17) is 11.6 Å². The SMILES string of the molecule is O=C1CCCCCC1C1(O)C(=O)N(Cc2ccc(Cl)cc2)c2ccccc21. The van der Waals surface area contributed by atoms with E-state index >= 15 is 0 Å². The number of benzene rings is 2. The fourth-order valence-corrected chi connectivity index (χ4v) is 4.46. The molecule has 1 N–H and O–H groups in total. The molecule has 27 heavy (non-hydrogen) atoms. The van der Waals surface area contributed by atoms with Gasteiger partial charge in [0.2, 0.25) is 0 Å². The molecule has 2 unspecified atom stereocenters. The average molecular weight is 384 g/mol. The Morgan fingerprint density at radius 3 is 2.56 bits per heavy atom. The van der Waals surface area contributed by atoms with Gasteiger partial charge < -0.3 is 10.0 Å². The first-order valence-electron chi connectivity index (χ1n) is 9.43. The predicted molar refractivity (Wildman–Crippen MR) is 105 cm³/mol. The van der Waals surface area contributed by atoms with Gasteiger partial charge in [-0.25, -0.2) is 0 Å². The third-order valence-electron chi connectivity index (χ3n) is 5.74. The number of rotatable bonds is 3. The first kappa shape index (κ1) is 18.2. The van der Waals surface area contributed by atoms with E-state index in [1.54, 1.807) is 23.1 Å². The first-order chi connectivity index (χ1) is 13.0. The van der Waals surface area contributed by atoms with Gasteiger partial charge in [-0.2, -0.15) is 0 Å². The molecule has 0 spiro atoms. The number of hydrogen-bond donors (Lipinski definition) is 1. The van der Waals surface area contributed by atoms with Crippen molar-refractivity contribution in [3.05, 3.63) is 64.7 Å². The first-order valence-corrected chi connectivity index (χ1v) is 9.80. The van der Waals surface area contributed by atoms with Crippen molar-refractivity contribution >= 4 is 29.0 Å². The van der Waals surface area contributed by atoms with Gasteiger partial charge in [0, 0.05) is 17.0 Å². The summed E-state index contributed by atoms with van der Waals surface area (Å²) in [6.45, 7) is 0.330. The van der Waals surface area contributed by atoms with Crippen LogP contribution >= 0.6 is 11.6 Å². The maximum atomic E-state index is 13.4. The summed E-state index contributed by atoms with van der Waals surface area (Å²) < 4.78 is 0. The van der Waals surface area contributed by atoms with Crippen molar-refractivity contribution in [1.29, 1.82) is 0 Å². The van der Waals surface area contributed by atoms with E-state index in [-0.39, 0.29) is 5.78 Å². The molecule has 1 amide bonds. The lowest BCUT2D eigenvalue weighted by atomic mass is 9.77. The number of anilines is 1. The van der Waals surface area contributed by atoms with Crippen molar-refractivity contribution in [2.75, 3.05) is 4.90 Å². The summed E-state index contributed by atoms with van der Waals surface area (Å²) >= 11 is 5.96. The standard InChI is InChI=1S/C22H22ClNO3/c23-16-12-10-15(11-13-16)14-24-19-8-5-4-6-17(19)22(27,21(24)26)18-7-2-1-3-9-20(18)25/h4-6,8,10-13,18,27H,1-3,7,9,14H2. The van der Waals surface area contributed by atoms with Gasteiger partial charge in [-0.1, -0.05) is 54.8 Å². The van der Waals surface area contributed by atoms with E-state index in [2.05, 4.69) is 0 Å². The summed E-state index contributed by atoms with van der Waals surface area (Å²) in [6.07, 6.45) is 3.62. The molecule has 5 heteroatoms. The minimum absolute atomic E-state index is 0.00787. The Morgan fingerprint density at radius 2 is 1.78 bits per heavy atom. The second-order valence-corrected chi connectivity index (χ2v) is 7.86. The topological polar surface area (TPSA) is 57.6 Å². The second kappa shape index (κ2) is 7.10. The van der Waals surface area contributed by atoms with E-state index < -0.39 is 17.4 Å². The maximum absolute atomic E-state index is 13.4. The summed E-state index contributed by atoms with van der Waals surface area (Å²) in [6, 6.07) is 14.6. The molecule has 0 aromatic heterocycles. The van der Waals surface area contributed by atoms with Gasteiger partial charge in [-0.05, 0) is 36.6 Å². The van der Waals surface area contributed by atoms with Crippen LogP contribution in [-0.2, 0) is 21.7 Å². The number of Topliss-reactive ketones (excluding diaryl/α,β-unsaturated/α-hetero) is 1. The molecule has 4 rings (SSSR count). The van der Waals surface area contributed by atoms with Gasteiger partial charge in [0.25, 0.3) is 5.91 Å². The molecule has 140 valence electrons. The minimum atomic E-state index is -1.77. The average Bonchev–Trinajstić information content (AvgIpc) is 2.82. The number of aliphatic hydroxyl groups is 1. The molecule has 1 saturated carbocycles. The predicted octanol–water partition coefficient (Wildman–Crippen LogP) is 4.22. The van der Waals surface area contributed by atoms with Crippen molar-refractivity contribution in [3.8, 4) is 0 Å². The largest absolute Gasteiger partial charge is 0.375 e. The van der Waals surface area contributed by atoms with E-state index in [9.17, 15) is 14.7 Å². The highest BCUT2D eigenvalue weighted by atomic mass is 35.5. The van der Waals surface area contributed by atoms with Gasteiger partial charge >= 0.3 is 0 Å². The van der Waals surface area contributed by atoms with Gasteiger partial charge in [0.05, 0.1) is 18.2 Å². The lowest BCUT2D eigenvalue weighted by Gasteiger charge is -2.30. The Kier molecular flexibility index (Phi) is 4.79. The van der Waals surface area contributed by atoms with Crippen LogP contribution in [0.5, 0.6) is 0 Å². The van der Waals surface area contributed by atoms with Crippen LogP contribution in [0.3, 0.4) is 0 Å². The smallest absolute Gasteiger partial charge is 0.264 e. The zero-order valence-corrected chi connectivity index (χ0v) is 15.8. The number of para-hydroxylation sites is 1. The Labute approximate surface area is 163 Å². The van der Waals surface area contributed by atoms with E-state index in [0.717, 1.165) is 24.8 Å². The molecule has 2 aliphatic rings. The number of nitrogens with zero attached hydrogens (tertiary/aromatic N) is 1. The molecule has 1 aliphatic heterocycles. The van der Waals surface area contributed by atoms with Crippen LogP contribution in [0.4, 0.5) is 5.69 Å². The quantitative estimate of drug-likeness (QED) is 0.807. The zero-order valence-electron chi connectivity index (χ0n) is 15.0. The highest BCUT2D eigenvalue weighted by Crippen LogP contribution is 2.47. The number of fused-ring (bicyclic) bond motifs is 1. The number of hydrogen-bond acceptors (Lipinski definition) is 3. The summed E-state index contributed by atoms with van der Waals surface area (Å²) in [7, 11) is 0. The van der Waals surface area contributed by atoms with Crippen molar-refractivity contribution in [3.63, 3.8) is 0 Å². The van der Waals surface area contributed by atoms with Gasteiger partial charge in [0.1, 0.15) is 5.78 Å². The number of carbonyl (C=O) groups is 2. The van der Waals surface area contributed by atoms with Crippen LogP contribution in [0, 0.1) is 5.92 Å². The molecule has 1 fully saturated rings. The van der Waals surface area contributed by atoms with E-state index in [1.165, 1.54) is 0 Å². The lowest BCUT2D eigenvalue weighted by Crippen LogP contribution is -2.48. The minimum Gasteiger partial charge on any atom is -0.375 e. The van der Waals surface area contributed by atoms with Crippen LogP contribution in [0.25, 0.3) is 0 Å². The molecule has 0 bridgehead atoms. The Morgan fingerprint density at radius 1 is 1.04 bits per heavy atom. The van der Waals surface area contributed by atoms with Crippen molar-refractivity contribution < 1.29 is 14.7 Å². The lowest BCUT2D eigenvalue weighted by molar-refractivity contribution is -0.150. The van der Waals surface area contributed by atoms with E-state index in [0.29, 0.717) is 35.7 Å². The second-order valence-electron chi connectivity index (χ2n) is 7.42. The van der Waals surface area contributed by atoms with Crippen LogP contribution < -0.4 is 4.90 Å². The van der Waals surface area contributed by atoms with Crippen LogP contribution in [0.1, 0.15) is 43.2 Å². The number of carbonyl (C=O) groups excluding carboxylic acids is 2.